The summed E-state index contributed by atoms with van der Waals surface area (Å²) in [6.45, 7) is 0. The summed E-state index contributed by atoms with van der Waals surface area (Å²) < 4.78 is 59.1. The topological polar surface area (TPSA) is 146 Å². The monoisotopic (exact) mass is 526 g/mol. The Balaban J connectivity index is 0.000000429. The minimum Gasteiger partial charge on any atom is -0.475 e. The first-order valence-electron chi connectivity index (χ1n) is 9.51. The van der Waals surface area contributed by atoms with Gasteiger partial charge in [-0.25, -0.2) is 32.9 Å². The van der Waals surface area contributed by atoms with Crippen LogP contribution in [-0.4, -0.2) is 47.7 Å². The number of carbonyl (C=O) groups is 1. The summed E-state index contributed by atoms with van der Waals surface area (Å²) in [5.74, 6) is -1.62. The van der Waals surface area contributed by atoms with E-state index in [1.807, 2.05) is 23.7 Å². The maximum Gasteiger partial charge on any atom is 0.490 e. The molecule has 35 heavy (non-hydrogen) atoms. The number of carboxylic acid groups (broad SMARTS) is 1. The standard InChI is InChI=1S/C18H16N6O2S2.C2HF3O2/c1-19-28(25,26)14-4-2-3-12(7-14)23-17-9-18(21-10-20-17)24-13-5-6-16-15(8-13)22-11-27-16;3-2(4,5)1(6)7/h2-11,19H,1H3,(H2,20,21,23,24);(H,6,7). The number of hydrogen-bond acceptors (Lipinski definition) is 9. The minimum absolute atomic E-state index is 0.170. The third-order valence-electron chi connectivity index (χ3n) is 4.20. The van der Waals surface area contributed by atoms with Crippen molar-refractivity contribution in [1.29, 1.82) is 0 Å². The van der Waals surface area contributed by atoms with Gasteiger partial charge in [0.15, 0.2) is 0 Å². The van der Waals surface area contributed by atoms with E-state index in [-0.39, 0.29) is 4.90 Å². The number of benzene rings is 2. The van der Waals surface area contributed by atoms with E-state index in [0.717, 1.165) is 15.9 Å². The van der Waals surface area contributed by atoms with Crippen molar-refractivity contribution in [3.05, 3.63) is 60.4 Å². The zero-order valence-corrected chi connectivity index (χ0v) is 19.4. The van der Waals surface area contributed by atoms with Gasteiger partial charge in [0.1, 0.15) is 18.0 Å². The van der Waals surface area contributed by atoms with Crippen LogP contribution in [-0.2, 0) is 14.8 Å². The highest BCUT2D eigenvalue weighted by atomic mass is 32.2. The van der Waals surface area contributed by atoms with Crippen LogP contribution in [0.1, 0.15) is 0 Å². The SMILES string of the molecule is CNS(=O)(=O)c1cccc(Nc2cc(Nc3ccc4scnc4c3)ncn2)c1.O=C(O)C(F)(F)F. The van der Waals surface area contributed by atoms with Gasteiger partial charge in [-0.3, -0.25) is 0 Å². The molecule has 2 aromatic heterocycles. The molecule has 0 saturated carbocycles. The van der Waals surface area contributed by atoms with Gasteiger partial charge < -0.3 is 15.7 Å². The predicted molar refractivity (Wildman–Crippen MR) is 125 cm³/mol. The van der Waals surface area contributed by atoms with Crippen molar-refractivity contribution in [2.45, 2.75) is 11.1 Å². The first-order chi connectivity index (χ1) is 16.5. The van der Waals surface area contributed by atoms with E-state index in [2.05, 4.69) is 30.3 Å². The molecule has 0 fully saturated rings. The highest BCUT2D eigenvalue weighted by Gasteiger charge is 2.38. The number of sulfonamides is 1. The molecule has 0 unspecified atom stereocenters. The Morgan fingerprint density at radius 1 is 0.971 bits per heavy atom. The maximum atomic E-state index is 12.0. The van der Waals surface area contributed by atoms with Crippen LogP contribution in [0.5, 0.6) is 0 Å². The molecule has 0 radical (unpaired) electrons. The molecule has 10 nitrogen and oxygen atoms in total. The molecule has 0 aliphatic carbocycles. The van der Waals surface area contributed by atoms with Crippen molar-refractivity contribution < 1.29 is 31.5 Å². The Kier molecular flexibility index (Phi) is 7.83. The summed E-state index contributed by atoms with van der Waals surface area (Å²) in [5.41, 5.74) is 4.20. The molecular weight excluding hydrogens is 509 g/mol. The lowest BCUT2D eigenvalue weighted by Gasteiger charge is -2.10. The van der Waals surface area contributed by atoms with Crippen LogP contribution in [0.2, 0.25) is 0 Å². The van der Waals surface area contributed by atoms with Gasteiger partial charge in [0, 0.05) is 17.4 Å². The Labute approximate surface area is 200 Å². The van der Waals surface area contributed by atoms with Gasteiger partial charge in [-0.2, -0.15) is 13.2 Å². The highest BCUT2D eigenvalue weighted by Crippen LogP contribution is 2.25. The Morgan fingerprint density at radius 3 is 2.20 bits per heavy atom. The van der Waals surface area contributed by atoms with Crippen LogP contribution >= 0.6 is 11.3 Å². The van der Waals surface area contributed by atoms with Crippen LogP contribution in [0, 0.1) is 0 Å². The molecule has 0 bridgehead atoms. The number of carboxylic acids is 1. The summed E-state index contributed by atoms with van der Waals surface area (Å²) in [5, 5.41) is 13.4. The van der Waals surface area contributed by atoms with Crippen LogP contribution in [0.25, 0.3) is 10.2 Å². The highest BCUT2D eigenvalue weighted by molar-refractivity contribution is 7.89. The van der Waals surface area contributed by atoms with Crippen molar-refractivity contribution in [2.75, 3.05) is 17.7 Å². The summed E-state index contributed by atoms with van der Waals surface area (Å²) in [6.07, 6.45) is -3.65. The van der Waals surface area contributed by atoms with E-state index in [4.69, 9.17) is 9.90 Å². The summed E-state index contributed by atoms with van der Waals surface area (Å²) >= 11 is 1.59. The van der Waals surface area contributed by atoms with E-state index in [1.54, 1.807) is 29.5 Å². The number of hydrogen-bond donors (Lipinski definition) is 4. The van der Waals surface area contributed by atoms with Crippen molar-refractivity contribution in [1.82, 2.24) is 19.7 Å². The van der Waals surface area contributed by atoms with Gasteiger partial charge >= 0.3 is 12.1 Å². The fourth-order valence-electron chi connectivity index (χ4n) is 2.58. The fourth-order valence-corrected chi connectivity index (χ4v) is 4.02. The van der Waals surface area contributed by atoms with Gasteiger partial charge in [0.25, 0.3) is 0 Å². The molecule has 15 heteroatoms. The minimum atomic E-state index is -5.08. The third kappa shape index (κ3) is 7.08. The van der Waals surface area contributed by atoms with Crippen molar-refractivity contribution in [3.63, 3.8) is 0 Å². The van der Waals surface area contributed by atoms with Crippen molar-refractivity contribution in [2.24, 2.45) is 0 Å². The molecule has 0 amide bonds. The molecule has 4 rings (SSSR count). The quantitative estimate of drug-likeness (QED) is 0.291. The van der Waals surface area contributed by atoms with Crippen LogP contribution < -0.4 is 15.4 Å². The summed E-state index contributed by atoms with van der Waals surface area (Å²) in [6, 6.07) is 14.1. The molecule has 4 N–H and O–H groups in total. The lowest BCUT2D eigenvalue weighted by Crippen LogP contribution is -2.21. The molecule has 0 saturated heterocycles. The number of halogens is 3. The molecule has 0 atom stereocenters. The van der Waals surface area contributed by atoms with Crippen LogP contribution in [0.15, 0.2) is 65.3 Å². The van der Waals surface area contributed by atoms with E-state index in [0.29, 0.717) is 17.3 Å². The van der Waals surface area contributed by atoms with Gasteiger partial charge in [0.2, 0.25) is 10.0 Å². The maximum absolute atomic E-state index is 12.0. The zero-order chi connectivity index (χ0) is 25.6. The molecule has 184 valence electrons. The number of anilines is 4. The van der Waals surface area contributed by atoms with Gasteiger partial charge in [-0.15, -0.1) is 11.3 Å². The number of nitrogens with zero attached hydrogens (tertiary/aromatic N) is 3. The number of thiazole rings is 1. The number of rotatable bonds is 6. The normalized spacial score (nSPS) is 11.4. The average Bonchev–Trinajstić information content (AvgIpc) is 3.27. The largest absolute Gasteiger partial charge is 0.490 e. The van der Waals surface area contributed by atoms with E-state index >= 15 is 0 Å². The second-order valence-corrected chi connectivity index (χ2v) is 9.38. The number of nitrogens with one attached hydrogen (secondary N) is 3. The average molecular weight is 527 g/mol. The van der Waals surface area contributed by atoms with E-state index < -0.39 is 22.2 Å². The first-order valence-corrected chi connectivity index (χ1v) is 11.9. The first kappa shape index (κ1) is 25.8. The van der Waals surface area contributed by atoms with Gasteiger partial charge in [0.05, 0.1) is 20.6 Å². The zero-order valence-electron chi connectivity index (χ0n) is 17.7. The Bertz CT molecular complexity index is 1440. The van der Waals surface area contributed by atoms with Crippen molar-refractivity contribution >= 4 is 60.6 Å². The molecule has 2 aromatic carbocycles. The Morgan fingerprint density at radius 2 is 1.60 bits per heavy atom. The second kappa shape index (κ2) is 10.6. The van der Waals surface area contributed by atoms with E-state index in [9.17, 15) is 21.6 Å². The van der Waals surface area contributed by atoms with Gasteiger partial charge in [-0.05, 0) is 43.4 Å². The smallest absolute Gasteiger partial charge is 0.475 e. The molecule has 0 aliphatic rings. The second-order valence-electron chi connectivity index (χ2n) is 6.61. The van der Waals surface area contributed by atoms with E-state index in [1.165, 1.54) is 25.5 Å². The van der Waals surface area contributed by atoms with Crippen LogP contribution in [0.3, 0.4) is 0 Å². The molecule has 4 aromatic rings. The number of aliphatic carboxylic acids is 1. The summed E-state index contributed by atoms with van der Waals surface area (Å²) in [4.78, 5) is 21.8. The molecule has 0 aliphatic heterocycles. The molecule has 0 spiro atoms. The van der Waals surface area contributed by atoms with Crippen LogP contribution in [0.4, 0.5) is 36.2 Å². The lowest BCUT2D eigenvalue weighted by atomic mass is 10.3. The lowest BCUT2D eigenvalue weighted by molar-refractivity contribution is -0.192. The molecular formula is C20H17F3N6O4S2. The van der Waals surface area contributed by atoms with Gasteiger partial charge in [-0.1, -0.05) is 6.07 Å². The molecule has 2 heterocycles. The fraction of sp³-hybridized carbons (Fsp3) is 0.100. The number of alkyl halides is 3. The number of aromatic nitrogens is 3. The number of fused-ring (bicyclic) bond motifs is 1. The predicted octanol–water partition coefficient (Wildman–Crippen LogP) is 4.11. The summed E-state index contributed by atoms with van der Waals surface area (Å²) in [7, 11) is -2.14. The van der Waals surface area contributed by atoms with Crippen molar-refractivity contribution in [3.8, 4) is 0 Å². The third-order valence-corrected chi connectivity index (χ3v) is 6.42. The Hall–Kier alpha value is -3.82.